The fourth-order valence-corrected chi connectivity index (χ4v) is 2.61. The Morgan fingerprint density at radius 3 is 2.25 bits per heavy atom. The minimum Gasteiger partial charge on any atom is -0.444 e. The smallest absolute Gasteiger partial charge is 0.374 e. The van der Waals surface area contributed by atoms with Crippen molar-refractivity contribution in [2.24, 2.45) is 0 Å². The van der Waals surface area contributed by atoms with Gasteiger partial charge in [-0.2, -0.15) is 0 Å². The molecule has 0 spiro atoms. The van der Waals surface area contributed by atoms with E-state index in [4.69, 9.17) is 25.4 Å². The molecule has 0 saturated carbocycles. The van der Waals surface area contributed by atoms with Crippen molar-refractivity contribution in [3.63, 3.8) is 0 Å². The first-order valence-corrected chi connectivity index (χ1v) is 6.95. The van der Waals surface area contributed by atoms with E-state index in [-0.39, 0.29) is 19.1 Å². The molecular weight excluding hydrogens is 255 g/mol. The Balaban J connectivity index is 4.77. The van der Waals surface area contributed by atoms with Crippen LogP contribution < -0.4 is 0 Å². The molecule has 0 aromatic carbocycles. The Bertz CT molecular complexity index is 271. The maximum atomic E-state index is 12.2. The topological polar surface area (TPSA) is 61.8 Å². The van der Waals surface area contributed by atoms with Gasteiger partial charge < -0.3 is 13.8 Å². The van der Waals surface area contributed by atoms with Crippen molar-refractivity contribution < 1.29 is 23.1 Å². The average Bonchev–Trinajstić information content (AvgIpc) is 2.25. The maximum Gasteiger partial charge on any atom is 0.374 e. The lowest BCUT2D eigenvalue weighted by molar-refractivity contribution is -0.141. The van der Waals surface area contributed by atoms with Crippen molar-refractivity contribution in [3.8, 4) is 0 Å². The molecule has 0 aliphatic carbocycles. The summed E-state index contributed by atoms with van der Waals surface area (Å²) in [5, 5.41) is 0. The lowest BCUT2D eigenvalue weighted by atomic mass is 10.7. The van der Waals surface area contributed by atoms with Gasteiger partial charge in [0.05, 0.1) is 13.2 Å². The standard InChI is InChI=1S/C9H16ClO5P/c1-4-9(15-8(11)7-10)16(12,13-5-2)14-6-3/h4,9H,1,5-7H2,2-3H3. The number of hydrogen-bond acceptors (Lipinski definition) is 5. The summed E-state index contributed by atoms with van der Waals surface area (Å²) >= 11 is 5.28. The molecule has 1 atom stereocenters. The number of alkyl halides is 1. The number of ether oxygens (including phenoxy) is 1. The largest absolute Gasteiger partial charge is 0.444 e. The van der Waals surface area contributed by atoms with E-state index in [1.165, 1.54) is 6.08 Å². The predicted octanol–water partition coefficient (Wildman–Crippen LogP) is 2.55. The van der Waals surface area contributed by atoms with Crippen molar-refractivity contribution >= 4 is 25.2 Å². The third-order valence-electron chi connectivity index (χ3n) is 1.49. The van der Waals surface area contributed by atoms with Crippen LogP contribution in [0.3, 0.4) is 0 Å². The Labute approximate surface area is 100 Å². The van der Waals surface area contributed by atoms with E-state index in [0.29, 0.717) is 0 Å². The number of halogens is 1. The summed E-state index contributed by atoms with van der Waals surface area (Å²) in [6, 6.07) is 0. The van der Waals surface area contributed by atoms with Crippen LogP contribution in [0.5, 0.6) is 0 Å². The Kier molecular flexibility index (Phi) is 7.68. The van der Waals surface area contributed by atoms with Crippen molar-refractivity contribution in [2.75, 3.05) is 19.1 Å². The SMILES string of the molecule is C=CC(OC(=O)CCl)P(=O)(OCC)OCC. The summed E-state index contributed by atoms with van der Waals surface area (Å²) in [5.74, 6) is -2.16. The second-order valence-corrected chi connectivity index (χ2v) is 5.00. The molecule has 5 nitrogen and oxygen atoms in total. The van der Waals surface area contributed by atoms with E-state index in [1.807, 2.05) is 0 Å². The van der Waals surface area contributed by atoms with Crippen molar-refractivity contribution in [2.45, 2.75) is 19.7 Å². The van der Waals surface area contributed by atoms with E-state index in [1.54, 1.807) is 13.8 Å². The maximum absolute atomic E-state index is 12.2. The van der Waals surface area contributed by atoms with Gasteiger partial charge in [-0.15, -0.1) is 11.6 Å². The summed E-state index contributed by atoms with van der Waals surface area (Å²) in [4.78, 5) is 11.0. The zero-order valence-electron chi connectivity index (χ0n) is 9.35. The minimum atomic E-state index is -3.52. The van der Waals surface area contributed by atoms with Crippen LogP contribution in [0.2, 0.25) is 0 Å². The highest BCUT2D eigenvalue weighted by Crippen LogP contribution is 2.53. The molecule has 0 N–H and O–H groups in total. The van der Waals surface area contributed by atoms with E-state index in [2.05, 4.69) is 6.58 Å². The van der Waals surface area contributed by atoms with Crippen LogP contribution in [0.4, 0.5) is 0 Å². The molecule has 0 bridgehead atoms. The molecule has 0 aromatic rings. The van der Waals surface area contributed by atoms with Crippen LogP contribution in [0.1, 0.15) is 13.8 Å². The van der Waals surface area contributed by atoms with Gasteiger partial charge in [-0.3, -0.25) is 9.36 Å². The molecule has 0 aliphatic rings. The first kappa shape index (κ1) is 15.7. The monoisotopic (exact) mass is 270 g/mol. The van der Waals surface area contributed by atoms with E-state index < -0.39 is 19.4 Å². The Morgan fingerprint density at radius 1 is 1.44 bits per heavy atom. The molecule has 94 valence electrons. The van der Waals surface area contributed by atoms with Gasteiger partial charge >= 0.3 is 13.6 Å². The van der Waals surface area contributed by atoms with Crippen molar-refractivity contribution in [3.05, 3.63) is 12.7 Å². The second kappa shape index (κ2) is 7.85. The molecule has 7 heteroatoms. The number of hydrogen-bond donors (Lipinski definition) is 0. The zero-order chi connectivity index (χ0) is 12.6. The first-order valence-electron chi connectivity index (χ1n) is 4.80. The minimum absolute atomic E-state index is 0.181. The predicted molar refractivity (Wildman–Crippen MR) is 61.7 cm³/mol. The van der Waals surface area contributed by atoms with Crippen molar-refractivity contribution in [1.82, 2.24) is 0 Å². The lowest BCUT2D eigenvalue weighted by Crippen LogP contribution is -2.19. The number of carbonyl (C=O) groups excluding carboxylic acids is 1. The third kappa shape index (κ3) is 4.66. The van der Waals surface area contributed by atoms with Crippen molar-refractivity contribution in [1.29, 1.82) is 0 Å². The quantitative estimate of drug-likeness (QED) is 0.294. The molecule has 0 radical (unpaired) electrons. The first-order chi connectivity index (χ1) is 7.53. The van der Waals surface area contributed by atoms with Gasteiger partial charge in [-0.25, -0.2) is 0 Å². The highest BCUT2D eigenvalue weighted by molar-refractivity contribution is 7.54. The molecule has 0 saturated heterocycles. The summed E-state index contributed by atoms with van der Waals surface area (Å²) in [7, 11) is -3.52. The van der Waals surface area contributed by atoms with E-state index in [0.717, 1.165) is 0 Å². The fourth-order valence-electron chi connectivity index (χ4n) is 0.952. The van der Waals surface area contributed by atoms with Gasteiger partial charge in [-0.1, -0.05) is 6.58 Å². The Hall–Kier alpha value is -0.350. The molecule has 0 aromatic heterocycles. The molecule has 0 heterocycles. The molecule has 0 aliphatic heterocycles. The molecule has 0 amide bonds. The lowest BCUT2D eigenvalue weighted by Gasteiger charge is -2.23. The number of rotatable bonds is 8. The fraction of sp³-hybridized carbons (Fsp3) is 0.667. The molecule has 1 unspecified atom stereocenters. The highest BCUT2D eigenvalue weighted by Gasteiger charge is 2.36. The molecule has 16 heavy (non-hydrogen) atoms. The normalized spacial score (nSPS) is 13.2. The van der Waals surface area contributed by atoms with Gasteiger partial charge in [-0.05, 0) is 19.9 Å². The second-order valence-electron chi connectivity index (χ2n) is 2.63. The van der Waals surface area contributed by atoms with Crippen LogP contribution in [0.25, 0.3) is 0 Å². The van der Waals surface area contributed by atoms with Gasteiger partial charge in [0.2, 0.25) is 5.85 Å². The summed E-state index contributed by atoms with van der Waals surface area (Å²) in [6.07, 6.45) is 1.20. The third-order valence-corrected chi connectivity index (χ3v) is 3.89. The van der Waals surface area contributed by atoms with Gasteiger partial charge in [0.25, 0.3) is 0 Å². The summed E-state index contributed by atoms with van der Waals surface area (Å²) in [5.41, 5.74) is 0. The average molecular weight is 271 g/mol. The zero-order valence-corrected chi connectivity index (χ0v) is 11.0. The van der Waals surface area contributed by atoms with Gasteiger partial charge in [0, 0.05) is 0 Å². The van der Waals surface area contributed by atoms with Crippen LogP contribution in [-0.2, 0) is 23.1 Å². The van der Waals surface area contributed by atoms with Crippen LogP contribution in [-0.4, -0.2) is 30.9 Å². The van der Waals surface area contributed by atoms with E-state index >= 15 is 0 Å². The molecular formula is C9H16ClO5P. The van der Waals surface area contributed by atoms with Gasteiger partial charge in [0.1, 0.15) is 5.88 Å². The number of esters is 1. The summed E-state index contributed by atoms with van der Waals surface area (Å²) in [6.45, 7) is 7.11. The number of carbonyl (C=O) groups is 1. The van der Waals surface area contributed by atoms with Gasteiger partial charge in [0.15, 0.2) is 0 Å². The highest BCUT2D eigenvalue weighted by atomic mass is 35.5. The van der Waals surface area contributed by atoms with Crippen LogP contribution in [0.15, 0.2) is 12.7 Å². The van der Waals surface area contributed by atoms with Crippen LogP contribution in [0, 0.1) is 0 Å². The van der Waals surface area contributed by atoms with Crippen LogP contribution >= 0.6 is 19.2 Å². The summed E-state index contributed by atoms with van der Waals surface area (Å²) < 4.78 is 27.0. The molecule has 0 rings (SSSR count). The molecule has 0 fully saturated rings. The Morgan fingerprint density at radius 2 is 1.94 bits per heavy atom. The van der Waals surface area contributed by atoms with E-state index in [9.17, 15) is 9.36 Å².